The Morgan fingerprint density at radius 2 is 1.87 bits per heavy atom. The van der Waals surface area contributed by atoms with Crippen LogP contribution in [-0.4, -0.2) is 10.8 Å². The molecule has 2 aromatic carbocycles. The number of rotatable bonds is 7. The van der Waals surface area contributed by atoms with E-state index in [0.29, 0.717) is 30.5 Å². The largest absolute Gasteiger partial charge is 0.416 e. The van der Waals surface area contributed by atoms with Crippen molar-refractivity contribution in [1.82, 2.24) is 0 Å². The first-order valence-electron chi connectivity index (χ1n) is 11.7. The van der Waals surface area contributed by atoms with E-state index in [1.165, 1.54) is 12.1 Å². The summed E-state index contributed by atoms with van der Waals surface area (Å²) in [5, 5.41) is 13.3. The number of oxime groups is 1. The summed E-state index contributed by atoms with van der Waals surface area (Å²) in [7, 11) is 0. The van der Waals surface area contributed by atoms with Gasteiger partial charge in [-0.1, -0.05) is 55.6 Å². The smallest absolute Gasteiger partial charge is 0.392 e. The van der Waals surface area contributed by atoms with Crippen molar-refractivity contribution < 1.29 is 25.9 Å². The molecule has 2 aromatic rings. The van der Waals surface area contributed by atoms with Crippen LogP contribution in [0.3, 0.4) is 0 Å². The molecule has 1 aliphatic rings. The normalized spacial score (nSPS) is 17.3. The third-order valence-electron chi connectivity index (χ3n) is 5.93. The molecule has 0 spiro atoms. The summed E-state index contributed by atoms with van der Waals surface area (Å²) in [5.74, 6) is -0.161. The fourth-order valence-corrected chi connectivity index (χ4v) is 4.17. The second-order valence-electron chi connectivity index (χ2n) is 8.00. The maximum absolute atomic E-state index is 13.8. The van der Waals surface area contributed by atoms with Gasteiger partial charge in [0.2, 0.25) is 0 Å². The average molecular weight is 436 g/mol. The van der Waals surface area contributed by atoms with Crippen molar-refractivity contribution >= 4 is 5.71 Å². The highest BCUT2D eigenvalue weighted by molar-refractivity contribution is 5.98. The molecule has 0 saturated heterocycles. The van der Waals surface area contributed by atoms with Gasteiger partial charge in [-0.15, -0.1) is 0 Å². The van der Waals surface area contributed by atoms with Crippen LogP contribution in [0.4, 0.5) is 13.2 Å². The van der Waals surface area contributed by atoms with Crippen molar-refractivity contribution in [2.24, 2.45) is 5.16 Å². The van der Waals surface area contributed by atoms with Gasteiger partial charge in [-0.25, -0.2) is 0 Å². The monoisotopic (exact) mass is 435 g/mol. The minimum atomic E-state index is -4.58. The van der Waals surface area contributed by atoms with Gasteiger partial charge in [-0.2, -0.15) is 13.2 Å². The van der Waals surface area contributed by atoms with Crippen LogP contribution < -0.4 is 0 Å². The second kappa shape index (κ2) is 10.3. The number of aliphatic hydroxyl groups is 1. The maximum Gasteiger partial charge on any atom is 0.416 e. The molecule has 0 atom stereocenters. The van der Waals surface area contributed by atoms with Gasteiger partial charge < -0.3 is 9.94 Å². The first-order valence-corrected chi connectivity index (χ1v) is 10.7. The molecule has 0 heterocycles. The number of aliphatic hydroxyl groups excluding tert-OH is 1. The zero-order valence-corrected chi connectivity index (χ0v) is 17.9. The van der Waals surface area contributed by atoms with Crippen molar-refractivity contribution in [2.45, 2.75) is 77.6 Å². The van der Waals surface area contributed by atoms with E-state index in [9.17, 15) is 18.3 Å². The Balaban J connectivity index is 1.87. The first-order chi connectivity index (χ1) is 15.6. The van der Waals surface area contributed by atoms with E-state index >= 15 is 0 Å². The molecule has 3 rings (SSSR count). The number of benzene rings is 2. The molecule has 0 bridgehead atoms. The van der Waals surface area contributed by atoms with Crippen molar-refractivity contribution in [3.63, 3.8) is 0 Å². The fourth-order valence-electron chi connectivity index (χ4n) is 4.17. The van der Waals surface area contributed by atoms with Crippen LogP contribution in [0.2, 0.25) is 0 Å². The molecule has 0 aliphatic heterocycles. The van der Waals surface area contributed by atoms with Crippen molar-refractivity contribution in [2.75, 3.05) is 0 Å². The Bertz CT molecular complexity index is 1000. The Labute approximate surface area is 184 Å². The number of nitrogens with zero attached hydrogens (tertiary/aromatic N) is 1. The van der Waals surface area contributed by atoms with Crippen LogP contribution in [0.25, 0.3) is 0 Å². The molecule has 1 saturated carbocycles. The molecule has 31 heavy (non-hydrogen) atoms. The van der Waals surface area contributed by atoms with Crippen LogP contribution in [0.15, 0.2) is 41.6 Å². The Hall–Kier alpha value is -2.34. The highest BCUT2D eigenvalue weighted by atomic mass is 19.4. The number of alkyl halides is 3. The van der Waals surface area contributed by atoms with Gasteiger partial charge in [0.15, 0.2) is 0 Å². The Kier molecular flexibility index (Phi) is 6.84. The average Bonchev–Trinajstić information content (AvgIpc) is 2.81. The van der Waals surface area contributed by atoms with E-state index in [0.717, 1.165) is 36.5 Å². The van der Waals surface area contributed by atoms with Gasteiger partial charge in [-0.3, -0.25) is 0 Å². The van der Waals surface area contributed by atoms with Gasteiger partial charge in [0, 0.05) is 0 Å². The number of hydrogen-bond donors (Lipinski definition) is 1. The van der Waals surface area contributed by atoms with E-state index in [-0.39, 0.29) is 23.7 Å². The van der Waals surface area contributed by atoms with Gasteiger partial charge >= 0.3 is 6.18 Å². The van der Waals surface area contributed by atoms with Crippen molar-refractivity contribution in [3.8, 4) is 0 Å². The molecule has 1 fully saturated rings. The number of hydrogen-bond acceptors (Lipinski definition) is 3. The SMILES string of the molecule is [2H]C([2H])(O/N=C(\C)c1ccc(CO)c(CC)c1)c1ccc(C2CCCCC2)c(C(F)(F)F)c1. The topological polar surface area (TPSA) is 41.8 Å². The zero-order valence-electron chi connectivity index (χ0n) is 19.9. The molecular formula is C25H30F3NO2. The molecule has 0 radical (unpaired) electrons. The van der Waals surface area contributed by atoms with E-state index in [2.05, 4.69) is 5.16 Å². The molecule has 1 aliphatic carbocycles. The minimum absolute atomic E-state index is 0.0862. The highest BCUT2D eigenvalue weighted by Crippen LogP contribution is 2.41. The Morgan fingerprint density at radius 3 is 2.52 bits per heavy atom. The zero-order chi connectivity index (χ0) is 24.2. The Morgan fingerprint density at radius 1 is 1.13 bits per heavy atom. The minimum Gasteiger partial charge on any atom is -0.392 e. The van der Waals surface area contributed by atoms with E-state index in [1.54, 1.807) is 19.1 Å². The summed E-state index contributed by atoms with van der Waals surface area (Å²) in [6.45, 7) is 0.966. The third-order valence-corrected chi connectivity index (χ3v) is 5.93. The molecular weight excluding hydrogens is 403 g/mol. The van der Waals surface area contributed by atoms with E-state index < -0.39 is 18.3 Å². The van der Waals surface area contributed by atoms with Crippen LogP contribution in [0.1, 0.15) is 88.0 Å². The second-order valence-corrected chi connectivity index (χ2v) is 8.00. The maximum atomic E-state index is 13.8. The number of halogens is 3. The summed E-state index contributed by atoms with van der Waals surface area (Å²) in [6.07, 6.45) is 0.386. The standard InChI is InChI=1S/C25H30F3NO2/c1-3-19-14-21(10-11-22(19)15-30)17(2)29-31-16-18-9-12-23(20-7-5-4-6-8-20)24(13-18)25(26,27)28/h9-14,20,30H,3-8,15-16H2,1-2H3/b29-17+/i16D2. The molecule has 168 valence electrons. The van der Waals surface area contributed by atoms with Crippen molar-refractivity contribution in [1.29, 1.82) is 0 Å². The van der Waals surface area contributed by atoms with Gasteiger partial charge in [0.05, 0.1) is 20.6 Å². The molecule has 0 unspecified atom stereocenters. The predicted molar refractivity (Wildman–Crippen MR) is 116 cm³/mol. The van der Waals surface area contributed by atoms with Gasteiger partial charge in [-0.05, 0) is 72.1 Å². The van der Waals surface area contributed by atoms with Gasteiger partial charge in [0.1, 0.15) is 6.56 Å². The lowest BCUT2D eigenvalue weighted by atomic mass is 9.81. The van der Waals surface area contributed by atoms with Crippen LogP contribution in [0, 0.1) is 0 Å². The first kappa shape index (κ1) is 20.6. The molecule has 6 heteroatoms. The lowest BCUT2D eigenvalue weighted by Gasteiger charge is -2.25. The van der Waals surface area contributed by atoms with E-state index in [1.807, 2.05) is 13.0 Å². The molecule has 3 nitrogen and oxygen atoms in total. The summed E-state index contributed by atoms with van der Waals surface area (Å²) in [4.78, 5) is 5.12. The summed E-state index contributed by atoms with van der Waals surface area (Å²) in [5.41, 5.74) is 2.00. The lowest BCUT2D eigenvalue weighted by Crippen LogP contribution is -2.15. The van der Waals surface area contributed by atoms with Crippen LogP contribution in [-0.2, 0) is 30.6 Å². The van der Waals surface area contributed by atoms with E-state index in [4.69, 9.17) is 7.58 Å². The highest BCUT2D eigenvalue weighted by Gasteiger charge is 2.35. The molecule has 0 aromatic heterocycles. The lowest BCUT2D eigenvalue weighted by molar-refractivity contribution is -0.138. The fraction of sp³-hybridized carbons (Fsp3) is 0.480. The predicted octanol–water partition coefficient (Wildman–Crippen LogP) is 6.75. The van der Waals surface area contributed by atoms with Crippen molar-refractivity contribution in [3.05, 3.63) is 69.8 Å². The third kappa shape index (κ3) is 5.88. The quantitative estimate of drug-likeness (QED) is 0.386. The summed E-state index contributed by atoms with van der Waals surface area (Å²) >= 11 is 0. The van der Waals surface area contributed by atoms with Crippen LogP contribution >= 0.6 is 0 Å². The summed E-state index contributed by atoms with van der Waals surface area (Å²) < 4.78 is 57.9. The van der Waals surface area contributed by atoms with Crippen LogP contribution in [0.5, 0.6) is 0 Å². The van der Waals surface area contributed by atoms with Gasteiger partial charge in [0.25, 0.3) is 0 Å². The molecule has 1 N–H and O–H groups in total. The number of aryl methyl sites for hydroxylation is 1. The summed E-state index contributed by atoms with van der Waals surface area (Å²) in [6, 6.07) is 8.97. The molecule has 0 amide bonds.